The van der Waals surface area contributed by atoms with Gasteiger partial charge in [0.2, 0.25) is 11.4 Å². The minimum atomic E-state index is 0.239. The maximum atomic E-state index is 10.7. The molecule has 0 heterocycles. The number of nitrogens with zero attached hydrogens (tertiary/aromatic N) is 8. The SMILES string of the molecule is [C-]#[N+]C1=C(c2cccc(C3=C(C#N)c4cc([N+]#[C-])ccc4C3=C(C#N)c3ccc([N+]#[C-])cc3)c2)/C(=C(\[N+]#[C-])c2ccc(C#N)cc2)c2ccc(C#N)cc21. The van der Waals surface area contributed by atoms with Gasteiger partial charge in [-0.15, -0.1) is 0 Å². The Morgan fingerprint density at radius 1 is 0.500 bits per heavy atom. The number of hydrogen-bond acceptors (Lipinski definition) is 4. The van der Waals surface area contributed by atoms with Gasteiger partial charge in [0.25, 0.3) is 0 Å². The van der Waals surface area contributed by atoms with E-state index in [0.29, 0.717) is 89.3 Å². The van der Waals surface area contributed by atoms with Crippen LogP contribution in [0.1, 0.15) is 55.6 Å². The van der Waals surface area contributed by atoms with Gasteiger partial charge in [0.1, 0.15) is 12.1 Å². The molecule has 0 amide bonds. The van der Waals surface area contributed by atoms with Crippen molar-refractivity contribution >= 4 is 56.2 Å². The van der Waals surface area contributed by atoms with Gasteiger partial charge in [-0.1, -0.05) is 72.8 Å². The summed E-state index contributed by atoms with van der Waals surface area (Å²) in [6, 6.07) is 39.4. The van der Waals surface area contributed by atoms with E-state index in [0.717, 1.165) is 0 Å². The lowest BCUT2D eigenvalue weighted by Crippen LogP contribution is -1.95. The third kappa shape index (κ3) is 5.35. The molecule has 7 rings (SSSR count). The molecule has 0 aliphatic heterocycles. The van der Waals surface area contributed by atoms with Crippen LogP contribution in [0.3, 0.4) is 0 Å². The van der Waals surface area contributed by atoms with E-state index in [1.807, 2.05) is 18.2 Å². The van der Waals surface area contributed by atoms with Gasteiger partial charge in [-0.25, -0.2) is 19.4 Å². The summed E-state index contributed by atoms with van der Waals surface area (Å²) in [5.74, 6) is 0. The second-order valence-corrected chi connectivity index (χ2v) is 12.0. The fourth-order valence-corrected chi connectivity index (χ4v) is 6.91. The van der Waals surface area contributed by atoms with E-state index < -0.39 is 0 Å². The summed E-state index contributed by atoms with van der Waals surface area (Å²) < 4.78 is 0. The van der Waals surface area contributed by atoms with E-state index in [9.17, 15) is 21.0 Å². The van der Waals surface area contributed by atoms with Gasteiger partial charge in [0.05, 0.1) is 60.7 Å². The fraction of sp³-hybridized carbons (Fsp3) is 0. The van der Waals surface area contributed by atoms with Gasteiger partial charge in [0, 0.05) is 11.1 Å². The van der Waals surface area contributed by atoms with Crippen molar-refractivity contribution in [1.29, 1.82) is 21.0 Å². The number of nitriles is 4. The highest BCUT2D eigenvalue weighted by molar-refractivity contribution is 6.32. The highest BCUT2D eigenvalue weighted by atomic mass is 14.7. The van der Waals surface area contributed by atoms with Crippen LogP contribution in [0, 0.1) is 71.6 Å². The average Bonchev–Trinajstić information content (AvgIpc) is 3.73. The summed E-state index contributed by atoms with van der Waals surface area (Å²) in [7, 11) is 0. The van der Waals surface area contributed by atoms with Gasteiger partial charge >= 0.3 is 0 Å². The zero-order valence-corrected chi connectivity index (χ0v) is 28.0. The third-order valence-corrected chi connectivity index (χ3v) is 9.28. The molecule has 2 aliphatic rings. The van der Waals surface area contributed by atoms with Crippen molar-refractivity contribution in [2.75, 3.05) is 0 Å². The summed E-state index contributed by atoms with van der Waals surface area (Å²) >= 11 is 0. The third-order valence-electron chi connectivity index (χ3n) is 9.28. The zero-order chi connectivity index (χ0) is 37.9. The monoisotopic (exact) mass is 682 g/mol. The molecule has 0 atom stereocenters. The smallest absolute Gasteiger partial charge is 0.201 e. The molecule has 8 nitrogen and oxygen atoms in total. The minimum absolute atomic E-state index is 0.239. The normalized spacial score (nSPS) is 14.1. The van der Waals surface area contributed by atoms with Crippen LogP contribution >= 0.6 is 0 Å². The van der Waals surface area contributed by atoms with E-state index >= 15 is 0 Å². The molecule has 5 aromatic carbocycles. The molecule has 0 bridgehead atoms. The molecular weight excluding hydrogens is 665 g/mol. The molecule has 0 saturated heterocycles. The zero-order valence-electron chi connectivity index (χ0n) is 28.0. The van der Waals surface area contributed by atoms with Crippen molar-refractivity contribution in [2.45, 2.75) is 0 Å². The lowest BCUT2D eigenvalue weighted by atomic mass is 9.87. The van der Waals surface area contributed by atoms with Crippen LogP contribution in [0.15, 0.2) is 109 Å². The Morgan fingerprint density at radius 2 is 1.11 bits per heavy atom. The number of fused-ring (bicyclic) bond motifs is 2. The van der Waals surface area contributed by atoms with Crippen molar-refractivity contribution in [3.8, 4) is 24.3 Å². The Bertz CT molecular complexity index is 2780. The van der Waals surface area contributed by atoms with Crippen molar-refractivity contribution in [3.05, 3.63) is 210 Å². The van der Waals surface area contributed by atoms with Crippen LogP contribution < -0.4 is 0 Å². The Balaban J connectivity index is 1.54. The molecular formula is C46H18N8. The molecule has 0 saturated carbocycles. The second-order valence-electron chi connectivity index (χ2n) is 12.0. The molecule has 0 N–H and O–H groups in total. The van der Waals surface area contributed by atoms with Gasteiger partial charge in [-0.05, 0) is 92.1 Å². The Hall–Kier alpha value is -9.02. The lowest BCUT2D eigenvalue weighted by molar-refractivity contribution is 1.46. The predicted molar refractivity (Wildman–Crippen MR) is 206 cm³/mol. The van der Waals surface area contributed by atoms with Crippen LogP contribution in [-0.2, 0) is 0 Å². The van der Waals surface area contributed by atoms with E-state index in [1.54, 1.807) is 91.0 Å². The van der Waals surface area contributed by atoms with Crippen LogP contribution in [0.4, 0.5) is 11.4 Å². The second kappa shape index (κ2) is 13.7. The molecule has 0 radical (unpaired) electrons. The molecule has 0 spiro atoms. The predicted octanol–water partition coefficient (Wildman–Crippen LogP) is 11.0. The molecule has 2 aliphatic carbocycles. The number of allylic oxidation sites excluding steroid dienone is 6. The Morgan fingerprint density at radius 3 is 1.72 bits per heavy atom. The first-order valence-electron chi connectivity index (χ1n) is 16.1. The molecule has 54 heavy (non-hydrogen) atoms. The van der Waals surface area contributed by atoms with Crippen LogP contribution in [-0.4, -0.2) is 0 Å². The summed E-state index contributed by atoms with van der Waals surface area (Å²) in [4.78, 5) is 14.9. The number of hydrogen-bond donors (Lipinski definition) is 0. The first kappa shape index (κ1) is 33.5. The molecule has 0 unspecified atom stereocenters. The molecule has 0 aromatic heterocycles. The highest BCUT2D eigenvalue weighted by Gasteiger charge is 2.34. The average molecular weight is 683 g/mol. The number of rotatable bonds is 4. The lowest BCUT2D eigenvalue weighted by Gasteiger charge is -2.16. The largest absolute Gasteiger partial charge is 0.238 e. The molecule has 8 heteroatoms. The van der Waals surface area contributed by atoms with Crippen molar-refractivity contribution in [3.63, 3.8) is 0 Å². The van der Waals surface area contributed by atoms with Crippen molar-refractivity contribution in [2.24, 2.45) is 0 Å². The molecule has 0 fully saturated rings. The summed E-state index contributed by atoms with van der Waals surface area (Å²) in [5, 5.41) is 40.5. The van der Waals surface area contributed by atoms with Crippen LogP contribution in [0.2, 0.25) is 0 Å². The van der Waals surface area contributed by atoms with Gasteiger partial charge < -0.3 is 0 Å². The van der Waals surface area contributed by atoms with Crippen LogP contribution in [0.5, 0.6) is 0 Å². The molecule has 242 valence electrons. The highest BCUT2D eigenvalue weighted by Crippen LogP contribution is 2.53. The maximum Gasteiger partial charge on any atom is 0.201 e. The minimum Gasteiger partial charge on any atom is -0.238 e. The fourth-order valence-electron chi connectivity index (χ4n) is 6.91. The standard InChI is InChI=1S/C46H18N8/c1-51-33-15-13-29(14-16-33)39(25-49)43-35-19-17-34(52-2)22-37(35)40(26-50)41(43)31-6-5-7-32(21-31)42-44(45(53-3)30-11-8-27(23-47)9-12-30)36-18-10-28(24-48)20-38(36)46(42)54-4/h5-22H/b43-39?,45-44-. The molecule has 5 aromatic rings. The van der Waals surface area contributed by atoms with E-state index in [1.165, 1.54) is 0 Å². The topological polar surface area (TPSA) is 113 Å². The first-order chi connectivity index (χ1) is 26.4. The van der Waals surface area contributed by atoms with Gasteiger partial charge in [-0.3, -0.25) is 0 Å². The van der Waals surface area contributed by atoms with E-state index in [4.69, 9.17) is 26.3 Å². The van der Waals surface area contributed by atoms with Gasteiger partial charge in [-0.2, -0.15) is 21.0 Å². The van der Waals surface area contributed by atoms with E-state index in [2.05, 4.69) is 43.7 Å². The van der Waals surface area contributed by atoms with Crippen molar-refractivity contribution < 1.29 is 0 Å². The Labute approximate surface area is 311 Å². The van der Waals surface area contributed by atoms with Crippen LogP contribution in [0.25, 0.3) is 64.2 Å². The quantitative estimate of drug-likeness (QED) is 0.139. The maximum absolute atomic E-state index is 10.7. The van der Waals surface area contributed by atoms with Crippen molar-refractivity contribution in [1.82, 2.24) is 0 Å². The number of benzene rings is 5. The van der Waals surface area contributed by atoms with E-state index in [-0.39, 0.29) is 22.5 Å². The van der Waals surface area contributed by atoms with Gasteiger partial charge in [0.15, 0.2) is 11.4 Å². The first-order valence-corrected chi connectivity index (χ1v) is 16.1. The Kier molecular flexibility index (Phi) is 8.50. The summed E-state index contributed by atoms with van der Waals surface area (Å²) in [5.41, 5.74) is 8.79. The summed E-state index contributed by atoms with van der Waals surface area (Å²) in [6.07, 6.45) is 0. The summed E-state index contributed by atoms with van der Waals surface area (Å²) in [6.45, 7) is 31.7.